The minimum Gasteiger partial charge on any atom is -0.298 e. The number of carbonyl (C=O) groups is 1. The van der Waals surface area contributed by atoms with Gasteiger partial charge in [0.1, 0.15) is 0 Å². The molecule has 0 bridgehead atoms. The highest BCUT2D eigenvalue weighted by Gasteiger charge is 2.37. The number of benzene rings is 1. The van der Waals surface area contributed by atoms with Crippen molar-refractivity contribution >= 4 is 17.9 Å². The Morgan fingerprint density at radius 2 is 1.43 bits per heavy atom. The number of likely N-dealkylation sites (tertiary alicyclic amines) is 1. The van der Waals surface area contributed by atoms with Crippen LogP contribution in [0.25, 0.3) is 12.2 Å². The predicted octanol–water partition coefficient (Wildman–Crippen LogP) is 5.10. The van der Waals surface area contributed by atoms with Gasteiger partial charge in [0.15, 0.2) is 5.78 Å². The van der Waals surface area contributed by atoms with Gasteiger partial charge in [-0.25, -0.2) is 0 Å². The Morgan fingerprint density at radius 1 is 0.900 bits per heavy atom. The average molecular weight is 426 g/mol. The van der Waals surface area contributed by atoms with Crippen LogP contribution in [-0.4, -0.2) is 35.8 Å². The topological polar surface area (TPSA) is 33.2 Å². The lowest BCUT2D eigenvalue weighted by atomic mass is 9.94. The number of pyridine rings is 1. The molecular formula is C21H16F6N2O. The van der Waals surface area contributed by atoms with Gasteiger partial charge >= 0.3 is 12.4 Å². The number of likely N-dealkylation sites (N-methyl/N-ethyl adjacent to an activating group) is 1. The first-order valence-electron chi connectivity index (χ1n) is 8.77. The van der Waals surface area contributed by atoms with Gasteiger partial charge in [-0.05, 0) is 54.6 Å². The molecule has 1 aliphatic heterocycles. The standard InChI is InChI=1S/C21H16F6N2O/c1-29-11-15(5-13-3-2-4-28-10-13)19(30)16(12-29)6-14-7-17(20(22,23)24)9-18(8-14)21(25,26)27/h2-10H,11-12H2,1H3/b15-5+,16-6+. The van der Waals surface area contributed by atoms with Gasteiger partial charge in [0, 0.05) is 36.6 Å². The SMILES string of the molecule is CN1C/C(=C\c2cccnc2)C(=O)/C(=C/c2cc(C(F)(F)F)cc(C(F)(F)F)c2)C1. The van der Waals surface area contributed by atoms with E-state index in [0.29, 0.717) is 29.8 Å². The second-order valence-electron chi connectivity index (χ2n) is 6.97. The number of alkyl halides is 6. The molecule has 0 spiro atoms. The number of ketones is 1. The van der Waals surface area contributed by atoms with Gasteiger partial charge in [-0.2, -0.15) is 26.3 Å². The minimum absolute atomic E-state index is 0.0601. The van der Waals surface area contributed by atoms with Gasteiger partial charge in [0.2, 0.25) is 0 Å². The van der Waals surface area contributed by atoms with Crippen LogP contribution in [0.15, 0.2) is 53.9 Å². The van der Waals surface area contributed by atoms with Gasteiger partial charge in [-0.3, -0.25) is 14.7 Å². The number of carbonyl (C=O) groups excluding carboxylic acids is 1. The van der Waals surface area contributed by atoms with E-state index < -0.39 is 29.3 Å². The highest BCUT2D eigenvalue weighted by atomic mass is 19.4. The van der Waals surface area contributed by atoms with E-state index in [0.717, 1.165) is 6.08 Å². The van der Waals surface area contributed by atoms with E-state index in [2.05, 4.69) is 4.98 Å². The van der Waals surface area contributed by atoms with Crippen LogP contribution in [0.5, 0.6) is 0 Å². The second kappa shape index (κ2) is 8.06. The zero-order valence-electron chi connectivity index (χ0n) is 15.7. The van der Waals surface area contributed by atoms with Crippen molar-refractivity contribution in [2.75, 3.05) is 20.1 Å². The Balaban J connectivity index is 2.04. The quantitative estimate of drug-likeness (QED) is 0.495. The average Bonchev–Trinajstić information content (AvgIpc) is 2.64. The van der Waals surface area contributed by atoms with Gasteiger partial charge in [0.05, 0.1) is 11.1 Å². The molecule has 0 amide bonds. The summed E-state index contributed by atoms with van der Waals surface area (Å²) in [5, 5.41) is 0. The summed E-state index contributed by atoms with van der Waals surface area (Å²) in [6, 6.07) is 4.68. The molecule has 30 heavy (non-hydrogen) atoms. The zero-order valence-corrected chi connectivity index (χ0v) is 15.7. The van der Waals surface area contributed by atoms with Crippen LogP contribution in [0.4, 0.5) is 26.3 Å². The van der Waals surface area contributed by atoms with E-state index in [1.54, 1.807) is 42.6 Å². The van der Waals surface area contributed by atoms with E-state index >= 15 is 0 Å². The van der Waals surface area contributed by atoms with Crippen molar-refractivity contribution in [3.05, 3.63) is 76.1 Å². The number of hydrogen-bond donors (Lipinski definition) is 0. The summed E-state index contributed by atoms with van der Waals surface area (Å²) in [5.41, 5.74) is -2.05. The monoisotopic (exact) mass is 426 g/mol. The number of Topliss-reactive ketones (excluding diaryl/α,β-unsaturated/α-hetero) is 1. The summed E-state index contributed by atoms with van der Waals surface area (Å²) >= 11 is 0. The lowest BCUT2D eigenvalue weighted by Gasteiger charge is -2.26. The second-order valence-corrected chi connectivity index (χ2v) is 6.97. The van der Waals surface area contributed by atoms with Crippen molar-refractivity contribution in [3.8, 4) is 0 Å². The fraction of sp³-hybridized carbons (Fsp3) is 0.238. The van der Waals surface area contributed by atoms with Crippen molar-refractivity contribution in [1.82, 2.24) is 9.88 Å². The minimum atomic E-state index is -4.95. The maximum absolute atomic E-state index is 13.1. The van der Waals surface area contributed by atoms with E-state index in [4.69, 9.17) is 0 Å². The van der Waals surface area contributed by atoms with Gasteiger partial charge in [-0.15, -0.1) is 0 Å². The van der Waals surface area contributed by atoms with Gasteiger partial charge in [-0.1, -0.05) is 6.07 Å². The molecule has 0 N–H and O–H groups in total. The number of hydrogen-bond acceptors (Lipinski definition) is 3. The van der Waals surface area contributed by atoms with Crippen LogP contribution < -0.4 is 0 Å². The fourth-order valence-electron chi connectivity index (χ4n) is 3.14. The molecule has 0 radical (unpaired) electrons. The van der Waals surface area contributed by atoms with E-state index in [1.165, 1.54) is 0 Å². The zero-order chi connectivity index (χ0) is 22.1. The fourth-order valence-corrected chi connectivity index (χ4v) is 3.14. The molecule has 0 saturated carbocycles. The van der Waals surface area contributed by atoms with E-state index in [9.17, 15) is 31.1 Å². The van der Waals surface area contributed by atoms with Crippen LogP contribution >= 0.6 is 0 Å². The van der Waals surface area contributed by atoms with E-state index in [1.807, 2.05) is 0 Å². The number of rotatable bonds is 2. The summed E-state index contributed by atoms with van der Waals surface area (Å²) in [6.07, 6.45) is -4.11. The summed E-state index contributed by atoms with van der Waals surface area (Å²) in [7, 11) is 1.70. The molecule has 1 fully saturated rings. The molecule has 9 heteroatoms. The van der Waals surface area contributed by atoms with Crippen LogP contribution in [-0.2, 0) is 17.1 Å². The molecule has 1 aliphatic rings. The van der Waals surface area contributed by atoms with Crippen LogP contribution in [0.2, 0.25) is 0 Å². The molecular weight excluding hydrogens is 410 g/mol. The first-order chi connectivity index (χ1) is 13.9. The Labute approximate surface area is 168 Å². The van der Waals surface area contributed by atoms with Crippen molar-refractivity contribution in [1.29, 1.82) is 0 Å². The highest BCUT2D eigenvalue weighted by Crippen LogP contribution is 2.37. The lowest BCUT2D eigenvalue weighted by molar-refractivity contribution is -0.143. The van der Waals surface area contributed by atoms with Crippen molar-refractivity contribution in [2.24, 2.45) is 0 Å². The summed E-state index contributed by atoms with van der Waals surface area (Å²) < 4.78 is 78.5. The molecule has 1 saturated heterocycles. The Morgan fingerprint density at radius 3 is 1.90 bits per heavy atom. The molecule has 3 rings (SSSR count). The summed E-state index contributed by atoms with van der Waals surface area (Å²) in [6.45, 7) is 0.391. The molecule has 2 heterocycles. The molecule has 3 nitrogen and oxygen atoms in total. The number of piperidine rings is 1. The highest BCUT2D eigenvalue weighted by molar-refractivity contribution is 6.14. The maximum atomic E-state index is 13.1. The van der Waals surface area contributed by atoms with Crippen LogP contribution in [0.3, 0.4) is 0 Å². The molecule has 0 unspecified atom stereocenters. The van der Waals surface area contributed by atoms with Gasteiger partial charge < -0.3 is 0 Å². The third-order valence-electron chi connectivity index (χ3n) is 4.44. The van der Waals surface area contributed by atoms with Crippen molar-refractivity contribution < 1.29 is 31.1 Å². The normalized spacial score (nSPS) is 19.0. The number of nitrogens with zero attached hydrogens (tertiary/aromatic N) is 2. The molecule has 0 atom stereocenters. The largest absolute Gasteiger partial charge is 0.416 e. The Hall–Kier alpha value is -2.94. The van der Waals surface area contributed by atoms with Gasteiger partial charge in [0.25, 0.3) is 0 Å². The summed E-state index contributed by atoms with van der Waals surface area (Å²) in [5.74, 6) is -0.428. The predicted molar refractivity (Wildman–Crippen MR) is 99.1 cm³/mol. The number of aromatic nitrogens is 1. The molecule has 158 valence electrons. The molecule has 1 aromatic carbocycles. The summed E-state index contributed by atoms with van der Waals surface area (Å²) in [4.78, 5) is 18.5. The first-order valence-corrected chi connectivity index (χ1v) is 8.77. The van der Waals surface area contributed by atoms with Crippen molar-refractivity contribution in [3.63, 3.8) is 0 Å². The first kappa shape index (κ1) is 21.8. The molecule has 0 aliphatic carbocycles. The third-order valence-corrected chi connectivity index (χ3v) is 4.44. The van der Waals surface area contributed by atoms with E-state index in [-0.39, 0.29) is 23.7 Å². The molecule has 1 aromatic heterocycles. The smallest absolute Gasteiger partial charge is 0.298 e. The van der Waals surface area contributed by atoms with Crippen LogP contribution in [0, 0.1) is 0 Å². The van der Waals surface area contributed by atoms with Crippen LogP contribution in [0.1, 0.15) is 22.3 Å². The lowest BCUT2D eigenvalue weighted by Crippen LogP contribution is -2.34. The maximum Gasteiger partial charge on any atom is 0.416 e. The Kier molecular flexibility index (Phi) is 5.85. The number of halogens is 6. The Bertz CT molecular complexity index is 974. The third kappa shape index (κ3) is 5.15. The molecule has 2 aromatic rings. The van der Waals surface area contributed by atoms with Crippen molar-refractivity contribution in [2.45, 2.75) is 12.4 Å².